The molecule has 0 bridgehead atoms. The smallest absolute Gasteiger partial charge is 0.467 e. The molecule has 2 heterocycles. The zero-order valence-electron chi connectivity index (χ0n) is 12.9. The zero-order chi connectivity index (χ0) is 15.8. The summed E-state index contributed by atoms with van der Waals surface area (Å²) < 4.78 is 18.0. The summed E-state index contributed by atoms with van der Waals surface area (Å²) in [5.41, 5.74) is -0.832. The number of ether oxygens (including phenoxy) is 1. The van der Waals surface area contributed by atoms with Crippen molar-refractivity contribution in [3.05, 3.63) is 20.8 Å². The molecule has 1 fully saturated rings. The van der Waals surface area contributed by atoms with Crippen LogP contribution in [0.3, 0.4) is 0 Å². The second-order valence-corrected chi connectivity index (χ2v) is 8.65. The number of thiophene rings is 1. The van der Waals surface area contributed by atoms with Gasteiger partial charge in [-0.2, -0.15) is 0 Å². The Hall–Kier alpha value is -0.365. The van der Waals surface area contributed by atoms with Crippen molar-refractivity contribution in [2.24, 2.45) is 0 Å². The van der Waals surface area contributed by atoms with Gasteiger partial charge in [0.15, 0.2) is 0 Å². The van der Waals surface area contributed by atoms with Crippen LogP contribution in [0.5, 0.6) is 0 Å². The average molecular weight is 375 g/mol. The van der Waals surface area contributed by atoms with Crippen molar-refractivity contribution in [1.29, 1.82) is 0 Å². The lowest BCUT2D eigenvalue weighted by atomic mass is 9.69. The van der Waals surface area contributed by atoms with Crippen LogP contribution >= 0.6 is 27.3 Å². The van der Waals surface area contributed by atoms with Gasteiger partial charge in [0.1, 0.15) is 0 Å². The van der Waals surface area contributed by atoms with Crippen LogP contribution < -0.4 is 0 Å². The van der Waals surface area contributed by atoms with Crippen molar-refractivity contribution in [2.45, 2.75) is 51.1 Å². The van der Waals surface area contributed by atoms with Crippen molar-refractivity contribution in [2.75, 3.05) is 7.11 Å². The van der Waals surface area contributed by atoms with E-state index in [9.17, 15) is 4.79 Å². The minimum Gasteiger partial charge on any atom is -0.469 e. The lowest BCUT2D eigenvalue weighted by molar-refractivity contribution is -0.140. The molecule has 0 amide bonds. The van der Waals surface area contributed by atoms with Gasteiger partial charge in [-0.25, -0.2) is 0 Å². The Morgan fingerprint density at radius 1 is 1.33 bits per heavy atom. The molecule has 1 aromatic heterocycles. The van der Waals surface area contributed by atoms with E-state index in [0.29, 0.717) is 0 Å². The summed E-state index contributed by atoms with van der Waals surface area (Å²) in [7, 11) is 0.938. The SMILES string of the molecule is COC(=O)CC(B1OC(C)(C)C(C)(C)O1)c1ccc(Br)s1. The molecule has 1 aliphatic heterocycles. The molecule has 0 saturated carbocycles. The van der Waals surface area contributed by atoms with Gasteiger partial charge in [0.25, 0.3) is 0 Å². The largest absolute Gasteiger partial charge is 0.469 e. The standard InChI is InChI=1S/C14H20BBrO4S/c1-13(2)14(3,4)20-15(19-13)9(8-12(17)18-5)10-6-7-11(16)21-10/h6-7,9H,8H2,1-5H3. The maximum atomic E-state index is 11.7. The Bertz CT molecular complexity index is 513. The molecule has 1 aliphatic rings. The fourth-order valence-corrected chi connectivity index (χ4v) is 3.71. The summed E-state index contributed by atoms with van der Waals surface area (Å²) in [6.45, 7) is 8.03. The first-order valence-corrected chi connectivity index (χ1v) is 8.45. The highest BCUT2D eigenvalue weighted by atomic mass is 79.9. The number of methoxy groups -OCH3 is 1. The summed E-state index contributed by atoms with van der Waals surface area (Å²) in [4.78, 5) is 12.8. The molecule has 0 radical (unpaired) electrons. The van der Waals surface area contributed by atoms with E-state index < -0.39 is 18.3 Å². The number of carbonyl (C=O) groups is 1. The van der Waals surface area contributed by atoms with E-state index in [1.165, 1.54) is 7.11 Å². The average Bonchev–Trinajstić information content (AvgIpc) is 2.88. The van der Waals surface area contributed by atoms with Gasteiger partial charge in [0, 0.05) is 10.7 Å². The van der Waals surface area contributed by atoms with E-state index in [1.54, 1.807) is 11.3 Å². The highest BCUT2D eigenvalue weighted by molar-refractivity contribution is 9.11. The summed E-state index contributed by atoms with van der Waals surface area (Å²) >= 11 is 5.04. The van der Waals surface area contributed by atoms with E-state index in [-0.39, 0.29) is 18.2 Å². The Morgan fingerprint density at radius 3 is 2.33 bits per heavy atom. The number of halogens is 1. The zero-order valence-corrected chi connectivity index (χ0v) is 15.3. The molecule has 0 aromatic carbocycles. The van der Waals surface area contributed by atoms with Crippen molar-refractivity contribution in [3.8, 4) is 0 Å². The Kier molecular flexibility index (Phi) is 4.88. The number of esters is 1. The molecular weight excluding hydrogens is 355 g/mol. The first-order valence-electron chi connectivity index (χ1n) is 6.84. The van der Waals surface area contributed by atoms with Gasteiger partial charge in [-0.3, -0.25) is 4.79 Å². The van der Waals surface area contributed by atoms with Crippen LogP contribution in [0, 0.1) is 0 Å². The first kappa shape index (κ1) is 17.0. The minimum absolute atomic E-state index is 0.171. The first-order chi connectivity index (χ1) is 9.66. The second-order valence-electron chi connectivity index (χ2n) is 6.15. The molecule has 21 heavy (non-hydrogen) atoms. The molecule has 0 N–H and O–H groups in total. The third-order valence-electron chi connectivity index (χ3n) is 4.17. The fourth-order valence-electron chi connectivity index (χ4n) is 2.17. The number of hydrogen-bond acceptors (Lipinski definition) is 5. The van der Waals surface area contributed by atoms with Gasteiger partial charge >= 0.3 is 13.1 Å². The number of carbonyl (C=O) groups excluding carboxylic acids is 1. The molecule has 0 aliphatic carbocycles. The van der Waals surface area contributed by atoms with Crippen LogP contribution in [0.15, 0.2) is 15.9 Å². The molecule has 1 unspecified atom stereocenters. The van der Waals surface area contributed by atoms with Crippen molar-refractivity contribution in [1.82, 2.24) is 0 Å². The van der Waals surface area contributed by atoms with Gasteiger partial charge in [-0.15, -0.1) is 11.3 Å². The third kappa shape index (κ3) is 3.52. The van der Waals surface area contributed by atoms with Gasteiger partial charge < -0.3 is 14.0 Å². The van der Waals surface area contributed by atoms with Crippen molar-refractivity contribution < 1.29 is 18.8 Å². The van der Waals surface area contributed by atoms with Gasteiger partial charge in [-0.05, 0) is 55.8 Å². The van der Waals surface area contributed by atoms with Crippen molar-refractivity contribution in [3.63, 3.8) is 0 Å². The Labute approximate surface area is 138 Å². The quantitative estimate of drug-likeness (QED) is 0.594. The van der Waals surface area contributed by atoms with Gasteiger partial charge in [0.05, 0.1) is 28.5 Å². The maximum absolute atomic E-state index is 11.7. The lowest BCUT2D eigenvalue weighted by Gasteiger charge is -2.32. The van der Waals surface area contributed by atoms with E-state index in [1.807, 2.05) is 39.8 Å². The predicted molar refractivity (Wildman–Crippen MR) is 87.5 cm³/mol. The monoisotopic (exact) mass is 374 g/mol. The Morgan fingerprint density at radius 2 is 1.90 bits per heavy atom. The number of hydrogen-bond donors (Lipinski definition) is 0. The van der Waals surface area contributed by atoms with E-state index in [2.05, 4.69) is 15.9 Å². The lowest BCUT2D eigenvalue weighted by Crippen LogP contribution is -2.41. The van der Waals surface area contributed by atoms with Crippen molar-refractivity contribution >= 4 is 40.4 Å². The van der Waals surface area contributed by atoms with E-state index in [0.717, 1.165) is 8.66 Å². The van der Waals surface area contributed by atoms with Gasteiger partial charge in [-0.1, -0.05) is 0 Å². The highest BCUT2D eigenvalue weighted by Gasteiger charge is 2.54. The molecule has 0 spiro atoms. The number of rotatable bonds is 4. The topological polar surface area (TPSA) is 44.8 Å². The van der Waals surface area contributed by atoms with Crippen LogP contribution in [0.4, 0.5) is 0 Å². The third-order valence-corrected chi connectivity index (χ3v) is 5.93. The molecule has 4 nitrogen and oxygen atoms in total. The summed E-state index contributed by atoms with van der Waals surface area (Å²) in [5.74, 6) is -0.436. The molecular formula is C14H20BBrO4S. The summed E-state index contributed by atoms with van der Waals surface area (Å²) in [6, 6.07) is 3.96. The van der Waals surface area contributed by atoms with E-state index in [4.69, 9.17) is 14.0 Å². The highest BCUT2D eigenvalue weighted by Crippen LogP contribution is 2.43. The van der Waals surface area contributed by atoms with Gasteiger partial charge in [0.2, 0.25) is 0 Å². The molecule has 2 rings (SSSR count). The summed E-state index contributed by atoms with van der Waals surface area (Å²) in [5, 5.41) is 0. The van der Waals surface area contributed by atoms with Crippen LogP contribution in [0.25, 0.3) is 0 Å². The molecule has 7 heteroatoms. The fraction of sp³-hybridized carbons (Fsp3) is 0.643. The minimum atomic E-state index is -0.459. The molecule has 1 atom stereocenters. The maximum Gasteiger partial charge on any atom is 0.467 e. The van der Waals surface area contributed by atoms with Crippen LogP contribution in [0.2, 0.25) is 0 Å². The molecule has 1 aromatic rings. The van der Waals surface area contributed by atoms with Crippen LogP contribution in [-0.4, -0.2) is 31.4 Å². The van der Waals surface area contributed by atoms with E-state index >= 15 is 0 Å². The van der Waals surface area contributed by atoms with Crippen LogP contribution in [-0.2, 0) is 18.8 Å². The Balaban J connectivity index is 2.27. The van der Waals surface area contributed by atoms with Crippen LogP contribution in [0.1, 0.15) is 44.8 Å². The molecule has 116 valence electrons. The predicted octanol–water partition coefficient (Wildman–Crippen LogP) is 3.79. The second kappa shape index (κ2) is 6.03. The normalized spacial score (nSPS) is 21.3. The molecule has 1 saturated heterocycles. The summed E-state index contributed by atoms with van der Waals surface area (Å²) in [6.07, 6.45) is 0.236.